The van der Waals surface area contributed by atoms with E-state index < -0.39 is 30.0 Å². The lowest BCUT2D eigenvalue weighted by Gasteiger charge is -2.15. The maximum absolute atomic E-state index is 13.0. The minimum atomic E-state index is -4.58. The molecule has 0 aliphatic carbocycles. The summed E-state index contributed by atoms with van der Waals surface area (Å²) in [7, 11) is 0. The Balaban J connectivity index is 1.56. The van der Waals surface area contributed by atoms with Gasteiger partial charge >= 0.3 is 18.3 Å². The van der Waals surface area contributed by atoms with Gasteiger partial charge in [0.25, 0.3) is 0 Å². The summed E-state index contributed by atoms with van der Waals surface area (Å²) in [6, 6.07) is 11.2. The molecule has 0 radical (unpaired) electrons. The molecule has 1 saturated heterocycles. The number of hydrogen-bond donors (Lipinski definition) is 2. The van der Waals surface area contributed by atoms with Crippen LogP contribution in [-0.2, 0) is 10.9 Å². The van der Waals surface area contributed by atoms with E-state index in [1.807, 2.05) is 19.1 Å². The highest BCUT2D eigenvalue weighted by atomic mass is 19.4. The number of rotatable bonds is 4. The summed E-state index contributed by atoms with van der Waals surface area (Å²) >= 11 is 0. The second kappa shape index (κ2) is 7.79. The second-order valence-electron chi connectivity index (χ2n) is 6.33. The molecule has 0 bridgehead atoms. The average molecular weight is 393 g/mol. The van der Waals surface area contributed by atoms with Crippen molar-refractivity contribution in [2.24, 2.45) is 0 Å². The van der Waals surface area contributed by atoms with Crippen LogP contribution in [0.3, 0.4) is 0 Å². The molecule has 2 aromatic carbocycles. The van der Waals surface area contributed by atoms with Gasteiger partial charge in [0, 0.05) is 5.69 Å². The number of benzene rings is 2. The van der Waals surface area contributed by atoms with E-state index in [-0.39, 0.29) is 18.8 Å². The van der Waals surface area contributed by atoms with E-state index in [0.29, 0.717) is 5.69 Å². The highest BCUT2D eigenvalue weighted by Crippen LogP contribution is 2.34. The Hall–Kier alpha value is -3.23. The van der Waals surface area contributed by atoms with Crippen molar-refractivity contribution in [2.75, 3.05) is 23.3 Å². The van der Waals surface area contributed by atoms with Crippen molar-refractivity contribution < 1.29 is 27.5 Å². The number of hydrogen-bond acceptors (Lipinski definition) is 3. The van der Waals surface area contributed by atoms with Crippen LogP contribution in [0.5, 0.6) is 0 Å². The van der Waals surface area contributed by atoms with Gasteiger partial charge in [-0.25, -0.2) is 9.59 Å². The molecular weight excluding hydrogens is 375 g/mol. The molecule has 0 unspecified atom stereocenters. The quantitative estimate of drug-likeness (QED) is 0.820. The molecule has 28 heavy (non-hydrogen) atoms. The maximum Gasteiger partial charge on any atom is 0.418 e. The fourth-order valence-electron chi connectivity index (χ4n) is 2.78. The Kier molecular flexibility index (Phi) is 5.43. The number of carbonyl (C=O) groups is 2. The molecule has 9 heteroatoms. The van der Waals surface area contributed by atoms with E-state index in [9.17, 15) is 22.8 Å². The van der Waals surface area contributed by atoms with Crippen molar-refractivity contribution >= 4 is 23.5 Å². The van der Waals surface area contributed by atoms with E-state index in [4.69, 9.17) is 4.74 Å². The normalized spacial score (nSPS) is 16.6. The summed E-state index contributed by atoms with van der Waals surface area (Å²) in [5.74, 6) is 0. The van der Waals surface area contributed by atoms with Gasteiger partial charge in [-0.05, 0) is 31.2 Å². The predicted octanol–water partition coefficient (Wildman–Crippen LogP) is 4.16. The number of carbonyl (C=O) groups excluding carboxylic acids is 2. The van der Waals surface area contributed by atoms with Gasteiger partial charge in [0.05, 0.1) is 24.3 Å². The molecule has 148 valence electrons. The first-order valence-corrected chi connectivity index (χ1v) is 8.50. The highest BCUT2D eigenvalue weighted by Gasteiger charge is 2.34. The minimum Gasteiger partial charge on any atom is -0.442 e. The van der Waals surface area contributed by atoms with Crippen molar-refractivity contribution in [1.82, 2.24) is 5.32 Å². The number of aryl methyl sites for hydroxylation is 1. The average Bonchev–Trinajstić information content (AvgIpc) is 3.01. The zero-order chi connectivity index (χ0) is 20.3. The molecule has 2 N–H and O–H groups in total. The van der Waals surface area contributed by atoms with Gasteiger partial charge in [-0.15, -0.1) is 0 Å². The van der Waals surface area contributed by atoms with Crippen LogP contribution in [0, 0.1) is 6.92 Å². The molecular formula is C19H18F3N3O3. The van der Waals surface area contributed by atoms with Crippen LogP contribution in [0.1, 0.15) is 11.1 Å². The third kappa shape index (κ3) is 4.54. The molecule has 1 aliphatic rings. The summed E-state index contributed by atoms with van der Waals surface area (Å²) in [5, 5.41) is 4.61. The number of nitrogens with zero attached hydrogens (tertiary/aromatic N) is 1. The predicted molar refractivity (Wildman–Crippen MR) is 97.3 cm³/mol. The van der Waals surface area contributed by atoms with Crippen molar-refractivity contribution in [1.29, 1.82) is 0 Å². The number of cyclic esters (lactones) is 1. The molecule has 6 nitrogen and oxygen atoms in total. The zero-order valence-electron chi connectivity index (χ0n) is 14.9. The van der Waals surface area contributed by atoms with Gasteiger partial charge < -0.3 is 15.4 Å². The van der Waals surface area contributed by atoms with Crippen LogP contribution in [-0.4, -0.2) is 31.3 Å². The molecule has 3 amide bonds. The van der Waals surface area contributed by atoms with E-state index in [2.05, 4.69) is 10.6 Å². The number of alkyl halides is 3. The number of para-hydroxylation sites is 1. The highest BCUT2D eigenvalue weighted by molar-refractivity contribution is 5.91. The Morgan fingerprint density at radius 2 is 1.86 bits per heavy atom. The lowest BCUT2D eigenvalue weighted by Crippen LogP contribution is -2.37. The van der Waals surface area contributed by atoms with E-state index in [1.54, 1.807) is 12.1 Å². The number of halogens is 3. The van der Waals surface area contributed by atoms with Crippen LogP contribution in [0.4, 0.5) is 34.1 Å². The molecule has 0 saturated carbocycles. The largest absolute Gasteiger partial charge is 0.442 e. The molecule has 3 rings (SSSR count). The monoisotopic (exact) mass is 393 g/mol. The Morgan fingerprint density at radius 1 is 1.18 bits per heavy atom. The molecule has 1 fully saturated rings. The molecule has 2 aromatic rings. The molecule has 0 aromatic heterocycles. The first-order chi connectivity index (χ1) is 13.2. The third-order valence-corrected chi connectivity index (χ3v) is 4.19. The van der Waals surface area contributed by atoms with Crippen molar-refractivity contribution in [3.05, 3.63) is 59.7 Å². The van der Waals surface area contributed by atoms with Gasteiger partial charge in [0.2, 0.25) is 0 Å². The number of amides is 3. The summed E-state index contributed by atoms with van der Waals surface area (Å²) in [6.45, 7) is 2.11. The fraction of sp³-hybridized carbons (Fsp3) is 0.263. The number of anilines is 2. The number of urea groups is 1. The van der Waals surface area contributed by atoms with Crippen LogP contribution >= 0.6 is 0 Å². The number of ether oxygens (including phenoxy) is 1. The summed E-state index contributed by atoms with van der Waals surface area (Å²) in [4.78, 5) is 25.4. The van der Waals surface area contributed by atoms with Crippen LogP contribution in [0.2, 0.25) is 0 Å². The van der Waals surface area contributed by atoms with E-state index >= 15 is 0 Å². The van der Waals surface area contributed by atoms with Gasteiger partial charge in [0.15, 0.2) is 0 Å². The van der Waals surface area contributed by atoms with Crippen molar-refractivity contribution in [3.8, 4) is 0 Å². The smallest absolute Gasteiger partial charge is 0.418 e. The topological polar surface area (TPSA) is 70.7 Å². The fourth-order valence-corrected chi connectivity index (χ4v) is 2.78. The number of nitrogens with one attached hydrogen (secondary N) is 2. The zero-order valence-corrected chi connectivity index (χ0v) is 14.9. The lowest BCUT2D eigenvalue weighted by molar-refractivity contribution is -0.136. The SMILES string of the molecule is Cc1ccc(N2C[C@H](CNC(=O)Nc3ccccc3C(F)(F)F)OC2=O)cc1. The molecule has 0 spiro atoms. The summed E-state index contributed by atoms with van der Waals surface area (Å²) < 4.78 is 44.1. The summed E-state index contributed by atoms with van der Waals surface area (Å²) in [5.41, 5.74) is 0.423. The van der Waals surface area contributed by atoms with Crippen LogP contribution in [0.15, 0.2) is 48.5 Å². The second-order valence-corrected chi connectivity index (χ2v) is 6.33. The van der Waals surface area contributed by atoms with E-state index in [1.165, 1.54) is 17.0 Å². The van der Waals surface area contributed by atoms with Crippen LogP contribution in [0.25, 0.3) is 0 Å². The lowest BCUT2D eigenvalue weighted by atomic mass is 10.1. The van der Waals surface area contributed by atoms with Crippen molar-refractivity contribution in [2.45, 2.75) is 19.2 Å². The minimum absolute atomic E-state index is 0.0336. The van der Waals surface area contributed by atoms with Crippen LogP contribution < -0.4 is 15.5 Å². The standard InChI is InChI=1S/C19H18F3N3O3/c1-12-6-8-13(9-7-12)25-11-14(28-18(25)27)10-23-17(26)24-16-5-3-2-4-15(16)19(20,21)22/h2-9,14H,10-11H2,1H3,(H2,23,24,26)/t14-/m0/s1. The maximum atomic E-state index is 13.0. The first kappa shape index (κ1) is 19.5. The first-order valence-electron chi connectivity index (χ1n) is 8.50. The summed E-state index contributed by atoms with van der Waals surface area (Å²) in [6.07, 6.45) is -5.74. The van der Waals surface area contributed by atoms with Gasteiger partial charge in [0.1, 0.15) is 6.10 Å². The Bertz CT molecular complexity index is 869. The van der Waals surface area contributed by atoms with Crippen molar-refractivity contribution in [3.63, 3.8) is 0 Å². The van der Waals surface area contributed by atoms with Gasteiger partial charge in [-0.2, -0.15) is 13.2 Å². The van der Waals surface area contributed by atoms with E-state index in [0.717, 1.165) is 17.7 Å². The van der Waals surface area contributed by atoms with Gasteiger partial charge in [-0.3, -0.25) is 4.90 Å². The third-order valence-electron chi connectivity index (χ3n) is 4.19. The van der Waals surface area contributed by atoms with Gasteiger partial charge in [-0.1, -0.05) is 29.8 Å². The Morgan fingerprint density at radius 3 is 2.54 bits per heavy atom. The molecule has 1 atom stereocenters. The molecule has 1 heterocycles. The molecule has 1 aliphatic heterocycles. The Labute approximate surface area is 159 Å².